The van der Waals surface area contributed by atoms with Crippen LogP contribution in [-0.2, 0) is 13.0 Å². The molecule has 3 N–H and O–H groups in total. The number of anilines is 1. The zero-order valence-corrected chi connectivity index (χ0v) is 16.3. The summed E-state index contributed by atoms with van der Waals surface area (Å²) in [5.74, 6) is 0.894. The fourth-order valence-corrected chi connectivity index (χ4v) is 5.12. The quantitative estimate of drug-likeness (QED) is 0.772. The van der Waals surface area contributed by atoms with Crippen LogP contribution in [0.4, 0.5) is 5.00 Å². The van der Waals surface area contributed by atoms with E-state index in [1.807, 2.05) is 31.2 Å². The Morgan fingerprint density at radius 1 is 1.27 bits per heavy atom. The van der Waals surface area contributed by atoms with Crippen molar-refractivity contribution in [1.29, 1.82) is 0 Å². The van der Waals surface area contributed by atoms with E-state index in [0.717, 1.165) is 41.4 Å². The Morgan fingerprint density at radius 2 is 2.04 bits per heavy atom. The predicted octanol–water partition coefficient (Wildman–Crippen LogP) is 2.35. The van der Waals surface area contributed by atoms with Crippen molar-refractivity contribution in [2.24, 2.45) is 0 Å². The number of carbonyl (C=O) groups is 1. The number of ether oxygens (including phenoxy) is 1. The lowest BCUT2D eigenvalue weighted by atomic mass is 9.99. The van der Waals surface area contributed by atoms with E-state index in [4.69, 9.17) is 4.74 Å². The maximum Gasteiger partial charge on any atom is 0.256 e. The van der Waals surface area contributed by atoms with Crippen molar-refractivity contribution in [3.05, 3.63) is 45.8 Å². The van der Waals surface area contributed by atoms with Crippen LogP contribution in [0.1, 0.15) is 53.3 Å². The van der Waals surface area contributed by atoms with Gasteiger partial charge in [-0.25, -0.2) is 0 Å². The van der Waals surface area contributed by atoms with E-state index in [9.17, 15) is 4.79 Å². The second-order valence-electron chi connectivity index (χ2n) is 7.25. The van der Waals surface area contributed by atoms with E-state index in [0.29, 0.717) is 12.6 Å². The van der Waals surface area contributed by atoms with Crippen LogP contribution in [0.3, 0.4) is 0 Å². The molecule has 0 saturated heterocycles. The van der Waals surface area contributed by atoms with E-state index in [-0.39, 0.29) is 12.1 Å². The summed E-state index contributed by atoms with van der Waals surface area (Å²) in [5.41, 5.74) is 3.16. The lowest BCUT2D eigenvalue weighted by Gasteiger charge is -2.28. The van der Waals surface area contributed by atoms with Gasteiger partial charge in [-0.2, -0.15) is 0 Å². The number of fused-ring (bicyclic) bond motifs is 3. The number of quaternary nitrogens is 1. The molecule has 1 unspecified atom stereocenters. The number of hydrogen-bond acceptors (Lipinski definition) is 4. The van der Waals surface area contributed by atoms with Crippen molar-refractivity contribution in [1.82, 2.24) is 5.32 Å². The van der Waals surface area contributed by atoms with Crippen molar-refractivity contribution >= 4 is 22.2 Å². The Bertz CT molecular complexity index is 813. The monoisotopic (exact) mass is 372 g/mol. The Labute approximate surface area is 158 Å². The van der Waals surface area contributed by atoms with Gasteiger partial charge >= 0.3 is 0 Å². The molecule has 2 aliphatic heterocycles. The molecule has 4 rings (SSSR count). The normalized spacial score (nSPS) is 21.6. The van der Waals surface area contributed by atoms with E-state index >= 15 is 0 Å². The zero-order valence-electron chi connectivity index (χ0n) is 15.5. The van der Waals surface area contributed by atoms with Gasteiger partial charge in [0.2, 0.25) is 0 Å². The van der Waals surface area contributed by atoms with Gasteiger partial charge in [0.05, 0.1) is 29.6 Å². The van der Waals surface area contributed by atoms with E-state index in [1.165, 1.54) is 10.4 Å². The summed E-state index contributed by atoms with van der Waals surface area (Å²) < 4.78 is 5.50. The molecule has 0 aliphatic carbocycles. The lowest BCUT2D eigenvalue weighted by Crippen LogP contribution is -3.14. The first-order valence-electron chi connectivity index (χ1n) is 9.36. The SMILES string of the molecule is CCOc1ccc([C@H]2NC(=O)c3c(sc4c3CC[NH+](C(C)C)C4)N2)cc1. The summed E-state index contributed by atoms with van der Waals surface area (Å²) in [7, 11) is 0. The van der Waals surface area contributed by atoms with Crippen LogP contribution in [0.5, 0.6) is 5.75 Å². The molecule has 3 heterocycles. The average molecular weight is 373 g/mol. The van der Waals surface area contributed by atoms with E-state index in [2.05, 4.69) is 24.5 Å². The Hall–Kier alpha value is -2.05. The minimum Gasteiger partial charge on any atom is -0.494 e. The Balaban J connectivity index is 1.58. The van der Waals surface area contributed by atoms with Gasteiger partial charge in [-0.3, -0.25) is 4.79 Å². The standard InChI is InChI=1S/C20H25N3O2S/c1-4-25-14-7-5-13(6-8-14)18-21-19(24)17-15-9-10-23(12(2)3)11-16(15)26-20(17)22-18/h5-8,12,18,22H,4,9-11H2,1-3H3,(H,21,24)/p+1/t18-/m0/s1. The van der Waals surface area contributed by atoms with Crippen LogP contribution in [-0.4, -0.2) is 25.1 Å². The second kappa shape index (κ2) is 6.93. The molecule has 2 aliphatic rings. The number of benzene rings is 1. The Kier molecular flexibility index (Phi) is 4.63. The van der Waals surface area contributed by atoms with Crippen molar-refractivity contribution in [2.45, 2.75) is 45.9 Å². The highest BCUT2D eigenvalue weighted by atomic mass is 32.1. The van der Waals surface area contributed by atoms with Crippen molar-refractivity contribution < 1.29 is 14.4 Å². The largest absolute Gasteiger partial charge is 0.494 e. The summed E-state index contributed by atoms with van der Waals surface area (Å²) in [6, 6.07) is 8.52. The molecular formula is C20H26N3O2S+. The molecule has 26 heavy (non-hydrogen) atoms. The van der Waals surface area contributed by atoms with Gasteiger partial charge in [0, 0.05) is 6.42 Å². The summed E-state index contributed by atoms with van der Waals surface area (Å²) in [4.78, 5) is 15.8. The minimum atomic E-state index is -0.195. The van der Waals surface area contributed by atoms with Gasteiger partial charge in [0.15, 0.2) is 0 Å². The highest BCUT2D eigenvalue weighted by molar-refractivity contribution is 7.16. The molecule has 1 aromatic heterocycles. The molecule has 1 aromatic carbocycles. The molecule has 6 heteroatoms. The number of carbonyl (C=O) groups excluding carboxylic acids is 1. The van der Waals surface area contributed by atoms with Gasteiger partial charge in [0.25, 0.3) is 5.91 Å². The fraction of sp³-hybridized carbons (Fsp3) is 0.450. The van der Waals surface area contributed by atoms with Gasteiger partial charge in [-0.15, -0.1) is 11.3 Å². The van der Waals surface area contributed by atoms with Gasteiger partial charge in [-0.1, -0.05) is 12.1 Å². The maximum atomic E-state index is 12.8. The van der Waals surface area contributed by atoms with E-state index in [1.54, 1.807) is 16.2 Å². The number of thiophene rings is 1. The molecule has 2 atom stereocenters. The third-order valence-corrected chi connectivity index (χ3v) is 6.46. The molecule has 138 valence electrons. The zero-order chi connectivity index (χ0) is 18.3. The average Bonchev–Trinajstić information content (AvgIpc) is 3.00. The molecule has 0 saturated carbocycles. The van der Waals surface area contributed by atoms with E-state index < -0.39 is 0 Å². The van der Waals surface area contributed by atoms with Crippen LogP contribution in [0.2, 0.25) is 0 Å². The molecular weight excluding hydrogens is 346 g/mol. The molecule has 1 amide bonds. The summed E-state index contributed by atoms with van der Waals surface area (Å²) in [6.07, 6.45) is 0.789. The molecule has 0 spiro atoms. The third-order valence-electron chi connectivity index (χ3n) is 5.29. The molecule has 2 aromatic rings. The number of nitrogens with one attached hydrogen (secondary N) is 3. The molecule has 0 radical (unpaired) electrons. The van der Waals surface area contributed by atoms with Crippen LogP contribution in [0.25, 0.3) is 0 Å². The highest BCUT2D eigenvalue weighted by Gasteiger charge is 2.35. The number of hydrogen-bond donors (Lipinski definition) is 3. The van der Waals surface area contributed by atoms with Crippen molar-refractivity contribution in [2.75, 3.05) is 18.5 Å². The van der Waals surface area contributed by atoms with Gasteiger partial charge in [-0.05, 0) is 44.0 Å². The van der Waals surface area contributed by atoms with Crippen LogP contribution >= 0.6 is 11.3 Å². The summed E-state index contributed by atoms with van der Waals surface area (Å²) >= 11 is 1.75. The number of amides is 1. The van der Waals surface area contributed by atoms with Crippen LogP contribution in [0.15, 0.2) is 24.3 Å². The summed E-state index contributed by atoms with van der Waals surface area (Å²) in [5, 5.41) is 7.67. The smallest absolute Gasteiger partial charge is 0.256 e. The van der Waals surface area contributed by atoms with Crippen molar-refractivity contribution in [3.8, 4) is 5.75 Å². The first-order valence-corrected chi connectivity index (χ1v) is 10.2. The Morgan fingerprint density at radius 3 is 2.73 bits per heavy atom. The van der Waals surface area contributed by atoms with Crippen LogP contribution in [0, 0.1) is 0 Å². The molecule has 0 bridgehead atoms. The number of rotatable bonds is 4. The topological polar surface area (TPSA) is 54.8 Å². The molecule has 0 fully saturated rings. The van der Waals surface area contributed by atoms with Gasteiger partial charge < -0.3 is 20.3 Å². The predicted molar refractivity (Wildman–Crippen MR) is 104 cm³/mol. The minimum absolute atomic E-state index is 0.0446. The third kappa shape index (κ3) is 3.08. The second-order valence-corrected chi connectivity index (χ2v) is 8.36. The van der Waals surface area contributed by atoms with Gasteiger partial charge in [0.1, 0.15) is 23.5 Å². The molecule has 5 nitrogen and oxygen atoms in total. The van der Waals surface area contributed by atoms with Crippen molar-refractivity contribution in [3.63, 3.8) is 0 Å². The first-order chi connectivity index (χ1) is 12.6. The summed E-state index contributed by atoms with van der Waals surface area (Å²) in [6.45, 7) is 9.27. The lowest BCUT2D eigenvalue weighted by molar-refractivity contribution is -0.936. The highest BCUT2D eigenvalue weighted by Crippen LogP contribution is 2.39. The maximum absolute atomic E-state index is 12.8. The first kappa shape index (κ1) is 17.4. The van der Waals surface area contributed by atoms with Crippen LogP contribution < -0.4 is 20.3 Å². The fourth-order valence-electron chi connectivity index (χ4n) is 3.79.